The molecule has 0 saturated heterocycles. The fraction of sp³-hybridized carbons (Fsp3) is 0.462. The Balaban J connectivity index is 1.58. The number of fused-ring (bicyclic) bond motifs is 1. The second kappa shape index (κ2) is 10.7. The van der Waals surface area contributed by atoms with Gasteiger partial charge < -0.3 is 16.0 Å². The van der Waals surface area contributed by atoms with Crippen LogP contribution < -0.4 is 16.0 Å². The number of aryl methyl sites for hydroxylation is 1. The maximum absolute atomic E-state index is 12.3. The third-order valence-corrected chi connectivity index (χ3v) is 5.94. The van der Waals surface area contributed by atoms with Crippen LogP contribution in [-0.2, 0) is 11.2 Å². The average Bonchev–Trinajstić information content (AvgIpc) is 3.55. The van der Waals surface area contributed by atoms with Crippen molar-refractivity contribution in [3.63, 3.8) is 0 Å². The Labute approximate surface area is 200 Å². The third kappa shape index (κ3) is 5.92. The van der Waals surface area contributed by atoms with Crippen molar-refractivity contribution in [3.8, 4) is 11.3 Å². The molecular formula is C26H34N6O2. The van der Waals surface area contributed by atoms with E-state index >= 15 is 0 Å². The Morgan fingerprint density at radius 2 is 1.91 bits per heavy atom. The van der Waals surface area contributed by atoms with Crippen molar-refractivity contribution in [1.29, 1.82) is 0 Å². The number of aromatic nitrogens is 3. The predicted octanol–water partition coefficient (Wildman–Crippen LogP) is 3.82. The number of hydrogen-bond acceptors (Lipinski definition) is 5. The van der Waals surface area contributed by atoms with Crippen LogP contribution >= 0.6 is 0 Å². The minimum absolute atomic E-state index is 0.0180. The molecular weight excluding hydrogens is 428 g/mol. The topological polar surface area (TPSA) is 100 Å². The summed E-state index contributed by atoms with van der Waals surface area (Å²) in [7, 11) is 1.66. The molecule has 8 heteroatoms. The SMILES string of the molecule is CNC(=O)CCCCc1cn2c(-c3ccc(C(=O)NC4CC4)cc3)cnc2c(NCC(C)C)n1. The number of anilines is 1. The highest BCUT2D eigenvalue weighted by atomic mass is 16.2. The zero-order chi connectivity index (χ0) is 24.1. The standard InChI is InChI=1S/C26H34N6O2/c1-17(2)14-28-24-25-29-15-22(18-8-10-19(11-9-18)26(34)31-20-12-13-20)32(25)16-21(30-24)6-4-5-7-23(33)27-3/h8-11,15-17,20H,4-7,12-14H2,1-3H3,(H,27,33)(H,28,30)(H,31,34). The minimum atomic E-state index is -0.0180. The normalized spacial score (nSPS) is 13.3. The van der Waals surface area contributed by atoms with Crippen LogP contribution in [0, 0.1) is 5.92 Å². The number of hydrogen-bond donors (Lipinski definition) is 3. The maximum atomic E-state index is 12.3. The van der Waals surface area contributed by atoms with Gasteiger partial charge >= 0.3 is 0 Å². The number of benzene rings is 1. The second-order valence-electron chi connectivity index (χ2n) is 9.40. The first-order valence-electron chi connectivity index (χ1n) is 12.2. The Morgan fingerprint density at radius 1 is 1.15 bits per heavy atom. The van der Waals surface area contributed by atoms with Gasteiger partial charge in [-0.25, -0.2) is 9.97 Å². The summed E-state index contributed by atoms with van der Waals surface area (Å²) in [5, 5.41) is 9.14. The lowest BCUT2D eigenvalue weighted by Crippen LogP contribution is -2.25. The van der Waals surface area contributed by atoms with E-state index in [-0.39, 0.29) is 11.8 Å². The summed E-state index contributed by atoms with van der Waals surface area (Å²) in [4.78, 5) is 33.3. The van der Waals surface area contributed by atoms with Crippen molar-refractivity contribution < 1.29 is 9.59 Å². The van der Waals surface area contributed by atoms with Crippen LogP contribution in [0.2, 0.25) is 0 Å². The largest absolute Gasteiger partial charge is 0.367 e. The van der Waals surface area contributed by atoms with Crippen molar-refractivity contribution in [1.82, 2.24) is 25.0 Å². The summed E-state index contributed by atoms with van der Waals surface area (Å²) in [6.45, 7) is 5.12. The first-order chi connectivity index (χ1) is 16.4. The lowest BCUT2D eigenvalue weighted by Gasteiger charge is -2.12. The van der Waals surface area contributed by atoms with Gasteiger partial charge in [0.05, 0.1) is 17.6 Å². The molecule has 0 spiro atoms. The van der Waals surface area contributed by atoms with Crippen LogP contribution in [0.15, 0.2) is 36.7 Å². The summed E-state index contributed by atoms with van der Waals surface area (Å²) in [5.74, 6) is 1.29. The fourth-order valence-electron chi connectivity index (χ4n) is 3.80. The molecule has 0 unspecified atom stereocenters. The van der Waals surface area contributed by atoms with Crippen LogP contribution in [0.4, 0.5) is 5.82 Å². The van der Waals surface area contributed by atoms with Gasteiger partial charge in [0.15, 0.2) is 11.5 Å². The Bertz CT molecular complexity index is 1150. The van der Waals surface area contributed by atoms with Gasteiger partial charge in [-0.1, -0.05) is 26.0 Å². The smallest absolute Gasteiger partial charge is 0.251 e. The molecule has 2 amide bonds. The van der Waals surface area contributed by atoms with Gasteiger partial charge in [-0.2, -0.15) is 0 Å². The van der Waals surface area contributed by atoms with E-state index in [0.717, 1.165) is 67.1 Å². The maximum Gasteiger partial charge on any atom is 0.251 e. The summed E-state index contributed by atoms with van der Waals surface area (Å²) in [6, 6.07) is 8.01. The molecule has 0 atom stereocenters. The zero-order valence-electron chi connectivity index (χ0n) is 20.2. The van der Waals surface area contributed by atoms with Crippen molar-refractivity contribution >= 4 is 23.3 Å². The molecule has 0 radical (unpaired) electrons. The van der Waals surface area contributed by atoms with Gasteiger partial charge in [0.25, 0.3) is 5.91 Å². The van der Waals surface area contributed by atoms with Gasteiger partial charge in [-0.15, -0.1) is 0 Å². The molecule has 1 aliphatic rings. The molecule has 2 aromatic heterocycles. The highest BCUT2D eigenvalue weighted by Crippen LogP contribution is 2.26. The molecule has 0 bridgehead atoms. The summed E-state index contributed by atoms with van der Waals surface area (Å²) in [6.07, 6.45) is 9.02. The van der Waals surface area contributed by atoms with E-state index in [4.69, 9.17) is 4.98 Å². The number of imidazole rings is 1. The van der Waals surface area contributed by atoms with E-state index in [9.17, 15) is 9.59 Å². The number of rotatable bonds is 11. The van der Waals surface area contributed by atoms with E-state index in [1.165, 1.54) is 0 Å². The number of unbranched alkanes of at least 4 members (excludes halogenated alkanes) is 1. The third-order valence-electron chi connectivity index (χ3n) is 5.94. The molecule has 1 saturated carbocycles. The van der Waals surface area contributed by atoms with E-state index < -0.39 is 0 Å². The van der Waals surface area contributed by atoms with Gasteiger partial charge in [0, 0.05) is 43.4 Å². The summed E-state index contributed by atoms with van der Waals surface area (Å²) >= 11 is 0. The predicted molar refractivity (Wildman–Crippen MR) is 134 cm³/mol. The van der Waals surface area contributed by atoms with Gasteiger partial charge in [-0.3, -0.25) is 14.0 Å². The Hall–Kier alpha value is -3.42. The molecule has 4 rings (SSSR count). The molecule has 1 aliphatic carbocycles. The first-order valence-corrected chi connectivity index (χ1v) is 12.2. The Kier molecular flexibility index (Phi) is 7.45. The molecule has 2 heterocycles. The van der Waals surface area contributed by atoms with E-state index in [2.05, 4.69) is 39.2 Å². The molecule has 34 heavy (non-hydrogen) atoms. The number of carbonyl (C=O) groups excluding carboxylic acids is 2. The molecule has 3 N–H and O–H groups in total. The molecule has 1 aromatic carbocycles. The van der Waals surface area contributed by atoms with Gasteiger partial charge in [-0.05, 0) is 50.2 Å². The molecule has 1 fully saturated rings. The van der Waals surface area contributed by atoms with Crippen LogP contribution in [-0.4, -0.2) is 45.8 Å². The van der Waals surface area contributed by atoms with Gasteiger partial charge in [0.2, 0.25) is 5.91 Å². The van der Waals surface area contributed by atoms with E-state index in [1.54, 1.807) is 7.05 Å². The fourth-order valence-corrected chi connectivity index (χ4v) is 3.80. The van der Waals surface area contributed by atoms with Crippen LogP contribution in [0.1, 0.15) is 62.0 Å². The average molecular weight is 463 g/mol. The Morgan fingerprint density at radius 3 is 2.59 bits per heavy atom. The monoisotopic (exact) mass is 462 g/mol. The van der Waals surface area contributed by atoms with E-state index in [0.29, 0.717) is 23.9 Å². The minimum Gasteiger partial charge on any atom is -0.367 e. The van der Waals surface area contributed by atoms with Gasteiger partial charge in [0.1, 0.15) is 0 Å². The zero-order valence-corrected chi connectivity index (χ0v) is 20.2. The van der Waals surface area contributed by atoms with Crippen LogP contribution in [0.25, 0.3) is 16.9 Å². The van der Waals surface area contributed by atoms with Crippen LogP contribution in [0.3, 0.4) is 0 Å². The molecule has 3 aromatic rings. The van der Waals surface area contributed by atoms with Crippen molar-refractivity contribution in [3.05, 3.63) is 47.9 Å². The van der Waals surface area contributed by atoms with Crippen molar-refractivity contribution in [2.24, 2.45) is 5.92 Å². The highest BCUT2D eigenvalue weighted by molar-refractivity contribution is 5.95. The molecule has 180 valence electrons. The second-order valence-corrected chi connectivity index (χ2v) is 9.40. The first kappa shape index (κ1) is 23.7. The van der Waals surface area contributed by atoms with Crippen molar-refractivity contribution in [2.45, 2.75) is 58.4 Å². The number of nitrogens with zero attached hydrogens (tertiary/aromatic N) is 3. The quantitative estimate of drug-likeness (QED) is 0.376. The lowest BCUT2D eigenvalue weighted by atomic mass is 10.1. The summed E-state index contributed by atoms with van der Waals surface area (Å²) in [5.41, 5.74) is 4.34. The highest BCUT2D eigenvalue weighted by Gasteiger charge is 2.23. The molecule has 0 aliphatic heterocycles. The number of carbonyl (C=O) groups is 2. The summed E-state index contributed by atoms with van der Waals surface area (Å²) < 4.78 is 2.07. The van der Waals surface area contributed by atoms with Crippen LogP contribution in [0.5, 0.6) is 0 Å². The number of amides is 2. The van der Waals surface area contributed by atoms with E-state index in [1.807, 2.05) is 36.7 Å². The lowest BCUT2D eigenvalue weighted by molar-refractivity contribution is -0.120. The number of nitrogens with one attached hydrogen (secondary N) is 3. The van der Waals surface area contributed by atoms with Crippen molar-refractivity contribution in [2.75, 3.05) is 18.9 Å². The molecule has 8 nitrogen and oxygen atoms in total.